The van der Waals surface area contributed by atoms with Crippen molar-refractivity contribution in [2.45, 2.75) is 64.8 Å². The van der Waals surface area contributed by atoms with E-state index < -0.39 is 8.56 Å². The Balaban J connectivity index is 2.91. The monoisotopic (exact) mass is 202 g/mol. The predicted octanol–water partition coefficient (Wildman–Crippen LogP) is 3.07. The molecule has 1 heterocycles. The Hall–Kier alpha value is 0.137. The molecule has 0 unspecified atom stereocenters. The predicted molar refractivity (Wildman–Crippen MR) is 57.0 cm³/mol. The molecular formula is C10H22O2Si. The lowest BCUT2D eigenvalue weighted by Gasteiger charge is -2.31. The number of hydrogen-bond donors (Lipinski definition) is 0. The van der Waals surface area contributed by atoms with Crippen LogP contribution in [0.25, 0.3) is 0 Å². The van der Waals surface area contributed by atoms with Crippen LogP contribution in [0.15, 0.2) is 0 Å². The standard InChI is InChI=1S/C10H22O2Si/c1-7-13(8-2)11-9(3,4)10(5,6)12-13/h7-8H2,1-6H3. The van der Waals surface area contributed by atoms with Crippen molar-refractivity contribution in [1.82, 2.24) is 0 Å². The van der Waals surface area contributed by atoms with Crippen LogP contribution in [0.1, 0.15) is 41.5 Å². The maximum atomic E-state index is 6.17. The molecule has 0 saturated carbocycles. The fourth-order valence-electron chi connectivity index (χ4n) is 1.74. The lowest BCUT2D eigenvalue weighted by Crippen LogP contribution is -2.41. The van der Waals surface area contributed by atoms with Gasteiger partial charge in [-0.15, -0.1) is 0 Å². The highest BCUT2D eigenvalue weighted by molar-refractivity contribution is 6.68. The Morgan fingerprint density at radius 1 is 0.846 bits per heavy atom. The Morgan fingerprint density at radius 3 is 1.31 bits per heavy atom. The van der Waals surface area contributed by atoms with Crippen LogP contribution >= 0.6 is 0 Å². The SMILES string of the molecule is CC[Si]1(CC)OC(C)(C)C(C)(C)O1. The molecule has 2 nitrogen and oxygen atoms in total. The van der Waals surface area contributed by atoms with Crippen LogP contribution in [-0.4, -0.2) is 19.8 Å². The highest BCUT2D eigenvalue weighted by Gasteiger charge is 2.57. The van der Waals surface area contributed by atoms with E-state index >= 15 is 0 Å². The van der Waals surface area contributed by atoms with Gasteiger partial charge in [0.05, 0.1) is 11.2 Å². The van der Waals surface area contributed by atoms with Gasteiger partial charge in [-0.25, -0.2) is 0 Å². The smallest absolute Gasteiger partial charge is 0.338 e. The van der Waals surface area contributed by atoms with E-state index in [0.29, 0.717) is 0 Å². The largest absolute Gasteiger partial charge is 0.386 e. The Kier molecular flexibility index (Phi) is 2.65. The number of hydrogen-bond acceptors (Lipinski definition) is 2. The normalized spacial score (nSPS) is 29.1. The highest BCUT2D eigenvalue weighted by atomic mass is 28.4. The maximum absolute atomic E-state index is 6.17. The minimum atomic E-state index is -1.85. The summed E-state index contributed by atoms with van der Waals surface area (Å²) in [4.78, 5) is 0. The van der Waals surface area contributed by atoms with Crippen LogP contribution < -0.4 is 0 Å². The van der Waals surface area contributed by atoms with Gasteiger partial charge in [0, 0.05) is 0 Å². The quantitative estimate of drug-likeness (QED) is 0.641. The molecule has 0 aliphatic carbocycles. The summed E-state index contributed by atoms with van der Waals surface area (Å²) in [6, 6.07) is 2.10. The van der Waals surface area contributed by atoms with Gasteiger partial charge in [-0.1, -0.05) is 13.8 Å². The van der Waals surface area contributed by atoms with E-state index in [-0.39, 0.29) is 11.2 Å². The molecule has 1 fully saturated rings. The summed E-state index contributed by atoms with van der Waals surface area (Å²) in [5, 5.41) is 0. The van der Waals surface area contributed by atoms with Crippen LogP contribution in [0.5, 0.6) is 0 Å². The fourth-order valence-corrected chi connectivity index (χ4v) is 5.21. The van der Waals surface area contributed by atoms with Crippen molar-refractivity contribution >= 4 is 8.56 Å². The van der Waals surface area contributed by atoms with Crippen molar-refractivity contribution in [3.8, 4) is 0 Å². The van der Waals surface area contributed by atoms with E-state index in [9.17, 15) is 0 Å². The van der Waals surface area contributed by atoms with Crippen molar-refractivity contribution in [2.24, 2.45) is 0 Å². The second-order valence-electron chi connectivity index (χ2n) is 4.84. The van der Waals surface area contributed by atoms with Gasteiger partial charge in [-0.2, -0.15) is 0 Å². The molecule has 0 atom stereocenters. The summed E-state index contributed by atoms with van der Waals surface area (Å²) < 4.78 is 12.3. The summed E-state index contributed by atoms with van der Waals surface area (Å²) >= 11 is 0. The topological polar surface area (TPSA) is 18.5 Å². The van der Waals surface area contributed by atoms with Crippen molar-refractivity contribution < 1.29 is 8.85 Å². The van der Waals surface area contributed by atoms with E-state index in [1.54, 1.807) is 0 Å². The van der Waals surface area contributed by atoms with Crippen LogP contribution in [-0.2, 0) is 8.85 Å². The first-order valence-corrected chi connectivity index (χ1v) is 7.42. The van der Waals surface area contributed by atoms with Gasteiger partial charge < -0.3 is 8.85 Å². The lowest BCUT2D eigenvalue weighted by molar-refractivity contribution is 0.00578. The van der Waals surface area contributed by atoms with Gasteiger partial charge in [0.15, 0.2) is 0 Å². The molecule has 0 amide bonds. The van der Waals surface area contributed by atoms with Gasteiger partial charge in [-0.3, -0.25) is 0 Å². The molecule has 0 aromatic heterocycles. The molecule has 0 aromatic carbocycles. The lowest BCUT2D eigenvalue weighted by atomic mass is 9.90. The van der Waals surface area contributed by atoms with Crippen LogP contribution in [0.3, 0.4) is 0 Å². The van der Waals surface area contributed by atoms with E-state index in [4.69, 9.17) is 8.85 Å². The summed E-state index contributed by atoms with van der Waals surface area (Å²) in [5.74, 6) is 0. The van der Waals surface area contributed by atoms with Crippen LogP contribution in [0.4, 0.5) is 0 Å². The van der Waals surface area contributed by atoms with Gasteiger partial charge in [0.2, 0.25) is 0 Å². The van der Waals surface area contributed by atoms with E-state index in [2.05, 4.69) is 41.5 Å². The van der Waals surface area contributed by atoms with Crippen molar-refractivity contribution in [3.63, 3.8) is 0 Å². The van der Waals surface area contributed by atoms with Crippen molar-refractivity contribution in [2.75, 3.05) is 0 Å². The molecule has 0 N–H and O–H groups in total. The van der Waals surface area contributed by atoms with Crippen LogP contribution in [0, 0.1) is 0 Å². The minimum absolute atomic E-state index is 0.134. The molecule has 1 aliphatic heterocycles. The second kappa shape index (κ2) is 3.07. The fraction of sp³-hybridized carbons (Fsp3) is 1.00. The average Bonchev–Trinajstić information content (AvgIpc) is 2.19. The summed E-state index contributed by atoms with van der Waals surface area (Å²) in [6.45, 7) is 12.9. The zero-order valence-electron chi connectivity index (χ0n) is 9.73. The third-order valence-corrected chi connectivity index (χ3v) is 7.33. The Morgan fingerprint density at radius 2 is 1.15 bits per heavy atom. The molecule has 0 bridgehead atoms. The molecule has 3 heteroatoms. The number of rotatable bonds is 2. The Bertz CT molecular complexity index is 177. The molecule has 0 spiro atoms. The first kappa shape index (κ1) is 11.2. The zero-order valence-corrected chi connectivity index (χ0v) is 10.7. The first-order chi connectivity index (χ1) is 5.79. The summed E-state index contributed by atoms with van der Waals surface area (Å²) in [5.41, 5.74) is -0.267. The van der Waals surface area contributed by atoms with Gasteiger partial charge >= 0.3 is 8.56 Å². The third-order valence-electron chi connectivity index (χ3n) is 3.41. The molecule has 0 aromatic rings. The van der Waals surface area contributed by atoms with Crippen molar-refractivity contribution in [1.29, 1.82) is 0 Å². The minimum Gasteiger partial charge on any atom is -0.386 e. The second-order valence-corrected chi connectivity index (χ2v) is 8.49. The molecule has 1 saturated heterocycles. The van der Waals surface area contributed by atoms with Gasteiger partial charge in [-0.05, 0) is 39.8 Å². The van der Waals surface area contributed by atoms with Crippen LogP contribution in [0.2, 0.25) is 12.1 Å². The van der Waals surface area contributed by atoms with Gasteiger partial charge in [0.1, 0.15) is 0 Å². The Labute approximate surface area is 82.9 Å². The third kappa shape index (κ3) is 1.69. The van der Waals surface area contributed by atoms with E-state index in [0.717, 1.165) is 12.1 Å². The maximum Gasteiger partial charge on any atom is 0.338 e. The first-order valence-electron chi connectivity index (χ1n) is 5.19. The molecule has 78 valence electrons. The molecule has 0 radical (unpaired) electrons. The van der Waals surface area contributed by atoms with Gasteiger partial charge in [0.25, 0.3) is 0 Å². The summed E-state index contributed by atoms with van der Waals surface area (Å²) in [7, 11) is -1.85. The molecule has 13 heavy (non-hydrogen) atoms. The average molecular weight is 202 g/mol. The molecular weight excluding hydrogens is 180 g/mol. The molecule has 1 aliphatic rings. The summed E-state index contributed by atoms with van der Waals surface area (Å²) in [6.07, 6.45) is 0. The molecule has 1 rings (SSSR count). The zero-order chi connectivity index (χ0) is 10.3. The van der Waals surface area contributed by atoms with E-state index in [1.807, 2.05) is 0 Å². The highest BCUT2D eigenvalue weighted by Crippen LogP contribution is 2.44. The van der Waals surface area contributed by atoms with Crippen molar-refractivity contribution in [3.05, 3.63) is 0 Å². The van der Waals surface area contributed by atoms with E-state index in [1.165, 1.54) is 0 Å².